The summed E-state index contributed by atoms with van der Waals surface area (Å²) in [5.74, 6) is 1.00. The number of hydrogen-bond acceptors (Lipinski definition) is 6. The summed E-state index contributed by atoms with van der Waals surface area (Å²) in [6, 6.07) is 5.71. The third-order valence-electron chi connectivity index (χ3n) is 2.76. The average Bonchev–Trinajstić information content (AvgIpc) is 2.89. The Morgan fingerprint density at radius 3 is 3.06 bits per heavy atom. The highest BCUT2D eigenvalue weighted by Gasteiger charge is 2.22. The minimum atomic E-state index is -0.162. The van der Waals surface area contributed by atoms with Crippen molar-refractivity contribution >= 4 is 0 Å². The van der Waals surface area contributed by atoms with E-state index in [1.54, 1.807) is 0 Å². The molecule has 94 valence electrons. The molecule has 1 unspecified atom stereocenters. The van der Waals surface area contributed by atoms with Crippen molar-refractivity contribution in [1.82, 2.24) is 20.4 Å². The van der Waals surface area contributed by atoms with Crippen LogP contribution in [-0.4, -0.2) is 34.8 Å². The van der Waals surface area contributed by atoms with Crippen LogP contribution in [0.3, 0.4) is 0 Å². The molecule has 1 aliphatic rings. The van der Waals surface area contributed by atoms with Gasteiger partial charge in [0.05, 0.1) is 6.61 Å². The number of aryl methyl sites for hydroxylation is 1. The van der Waals surface area contributed by atoms with Crippen LogP contribution in [0.5, 0.6) is 0 Å². The molecular formula is C12H14N4O2. The number of aromatic nitrogens is 3. The molecule has 1 atom stereocenters. The fourth-order valence-electron chi connectivity index (χ4n) is 1.86. The number of ether oxygens (including phenoxy) is 1. The second-order valence-electron chi connectivity index (χ2n) is 4.18. The van der Waals surface area contributed by atoms with E-state index in [2.05, 4.69) is 20.4 Å². The standard InChI is InChI=1S/C12H14N4O2/c1-8-3-2-4-9(14-8)11-15-12(18-16-11)10-7-13-5-6-17-10/h2-4,10,13H,5-7H2,1H3. The van der Waals surface area contributed by atoms with Gasteiger partial charge < -0.3 is 14.6 Å². The smallest absolute Gasteiger partial charge is 0.257 e. The van der Waals surface area contributed by atoms with Gasteiger partial charge >= 0.3 is 0 Å². The SMILES string of the molecule is Cc1cccc(-c2noc(C3CNCCO3)n2)n1. The minimum Gasteiger partial charge on any atom is -0.366 e. The van der Waals surface area contributed by atoms with E-state index in [0.717, 1.165) is 12.2 Å². The zero-order valence-corrected chi connectivity index (χ0v) is 10.1. The summed E-state index contributed by atoms with van der Waals surface area (Å²) < 4.78 is 10.8. The molecule has 18 heavy (non-hydrogen) atoms. The first-order valence-electron chi connectivity index (χ1n) is 5.93. The Balaban J connectivity index is 1.84. The zero-order valence-electron chi connectivity index (χ0n) is 10.1. The molecule has 0 radical (unpaired) electrons. The second kappa shape index (κ2) is 4.83. The van der Waals surface area contributed by atoms with E-state index < -0.39 is 0 Å². The van der Waals surface area contributed by atoms with E-state index in [0.29, 0.717) is 30.6 Å². The molecule has 1 fully saturated rings. The number of nitrogens with one attached hydrogen (secondary N) is 1. The van der Waals surface area contributed by atoms with Crippen LogP contribution in [0, 0.1) is 6.92 Å². The second-order valence-corrected chi connectivity index (χ2v) is 4.18. The first-order valence-corrected chi connectivity index (χ1v) is 5.93. The predicted octanol–water partition coefficient (Wildman–Crippen LogP) is 1.10. The number of rotatable bonds is 2. The van der Waals surface area contributed by atoms with Crippen LogP contribution in [0.2, 0.25) is 0 Å². The van der Waals surface area contributed by atoms with Crippen molar-refractivity contribution in [2.24, 2.45) is 0 Å². The van der Waals surface area contributed by atoms with Gasteiger partial charge in [0.2, 0.25) is 5.82 Å². The highest BCUT2D eigenvalue weighted by molar-refractivity contribution is 5.48. The summed E-state index contributed by atoms with van der Waals surface area (Å²) in [6.07, 6.45) is -0.162. The highest BCUT2D eigenvalue weighted by Crippen LogP contribution is 2.20. The number of nitrogens with zero attached hydrogens (tertiary/aromatic N) is 3. The third kappa shape index (κ3) is 2.25. The van der Waals surface area contributed by atoms with Crippen molar-refractivity contribution in [2.45, 2.75) is 13.0 Å². The fourth-order valence-corrected chi connectivity index (χ4v) is 1.86. The van der Waals surface area contributed by atoms with Crippen LogP contribution in [-0.2, 0) is 4.74 Å². The summed E-state index contributed by atoms with van der Waals surface area (Å²) in [4.78, 5) is 8.70. The molecule has 0 saturated carbocycles. The zero-order chi connectivity index (χ0) is 12.4. The highest BCUT2D eigenvalue weighted by atomic mass is 16.5. The normalized spacial score (nSPS) is 19.9. The number of hydrogen-bond donors (Lipinski definition) is 1. The van der Waals surface area contributed by atoms with E-state index in [-0.39, 0.29) is 6.10 Å². The van der Waals surface area contributed by atoms with Gasteiger partial charge in [0.1, 0.15) is 11.8 Å². The molecule has 6 heteroatoms. The van der Waals surface area contributed by atoms with Crippen molar-refractivity contribution in [2.75, 3.05) is 19.7 Å². The molecule has 3 rings (SSSR count). The van der Waals surface area contributed by atoms with Crippen LogP contribution in [0.4, 0.5) is 0 Å². The van der Waals surface area contributed by atoms with Crippen molar-refractivity contribution in [3.63, 3.8) is 0 Å². The molecule has 1 N–H and O–H groups in total. The molecule has 6 nitrogen and oxygen atoms in total. The maximum atomic E-state index is 5.56. The predicted molar refractivity (Wildman–Crippen MR) is 63.8 cm³/mol. The lowest BCUT2D eigenvalue weighted by molar-refractivity contribution is 0.00755. The molecule has 2 aromatic heterocycles. The Kier molecular flexibility index (Phi) is 3.04. The molecule has 0 amide bonds. The summed E-state index contributed by atoms with van der Waals surface area (Å²) in [5, 5.41) is 7.17. The van der Waals surface area contributed by atoms with E-state index in [1.807, 2.05) is 25.1 Å². The van der Waals surface area contributed by atoms with Gasteiger partial charge in [-0.1, -0.05) is 11.2 Å². The van der Waals surface area contributed by atoms with Gasteiger partial charge in [-0.2, -0.15) is 4.98 Å². The van der Waals surface area contributed by atoms with Crippen molar-refractivity contribution in [1.29, 1.82) is 0 Å². The lowest BCUT2D eigenvalue weighted by atomic mass is 10.3. The quantitative estimate of drug-likeness (QED) is 0.855. The van der Waals surface area contributed by atoms with E-state index in [4.69, 9.17) is 9.26 Å². The van der Waals surface area contributed by atoms with Gasteiger partial charge in [-0.05, 0) is 19.1 Å². The topological polar surface area (TPSA) is 73.1 Å². The molecule has 1 aliphatic heterocycles. The van der Waals surface area contributed by atoms with Crippen LogP contribution in [0.1, 0.15) is 17.7 Å². The van der Waals surface area contributed by atoms with Crippen LogP contribution < -0.4 is 5.32 Å². The van der Waals surface area contributed by atoms with E-state index in [1.165, 1.54) is 0 Å². The van der Waals surface area contributed by atoms with Crippen LogP contribution in [0.15, 0.2) is 22.7 Å². The average molecular weight is 246 g/mol. The Morgan fingerprint density at radius 1 is 1.33 bits per heavy atom. The van der Waals surface area contributed by atoms with Crippen LogP contribution in [0.25, 0.3) is 11.5 Å². The van der Waals surface area contributed by atoms with Crippen molar-refractivity contribution < 1.29 is 9.26 Å². The molecule has 2 aromatic rings. The summed E-state index contributed by atoms with van der Waals surface area (Å²) in [6.45, 7) is 4.14. The minimum absolute atomic E-state index is 0.162. The molecule has 0 aromatic carbocycles. The molecule has 0 aliphatic carbocycles. The maximum Gasteiger partial charge on any atom is 0.257 e. The van der Waals surface area contributed by atoms with E-state index >= 15 is 0 Å². The summed E-state index contributed by atoms with van der Waals surface area (Å²) >= 11 is 0. The van der Waals surface area contributed by atoms with Crippen molar-refractivity contribution in [3.05, 3.63) is 29.8 Å². The number of morpholine rings is 1. The number of pyridine rings is 1. The molecule has 3 heterocycles. The maximum absolute atomic E-state index is 5.56. The molecular weight excluding hydrogens is 232 g/mol. The van der Waals surface area contributed by atoms with E-state index in [9.17, 15) is 0 Å². The van der Waals surface area contributed by atoms with Gasteiger partial charge in [0.15, 0.2) is 0 Å². The van der Waals surface area contributed by atoms with Gasteiger partial charge in [-0.15, -0.1) is 0 Å². The van der Waals surface area contributed by atoms with Crippen LogP contribution >= 0.6 is 0 Å². The van der Waals surface area contributed by atoms with Gasteiger partial charge in [-0.25, -0.2) is 4.98 Å². The first kappa shape index (κ1) is 11.3. The lowest BCUT2D eigenvalue weighted by Gasteiger charge is -2.19. The molecule has 1 saturated heterocycles. The first-order chi connectivity index (χ1) is 8.83. The summed E-state index contributed by atoms with van der Waals surface area (Å²) in [5.41, 5.74) is 1.64. The molecule has 0 spiro atoms. The Hall–Kier alpha value is -1.79. The van der Waals surface area contributed by atoms with Gasteiger partial charge in [0.25, 0.3) is 5.89 Å². The van der Waals surface area contributed by atoms with Gasteiger partial charge in [0, 0.05) is 18.8 Å². The third-order valence-corrected chi connectivity index (χ3v) is 2.76. The monoisotopic (exact) mass is 246 g/mol. The molecule has 0 bridgehead atoms. The van der Waals surface area contributed by atoms with Gasteiger partial charge in [-0.3, -0.25) is 0 Å². The Labute approximate surface area is 104 Å². The Morgan fingerprint density at radius 2 is 2.28 bits per heavy atom. The largest absolute Gasteiger partial charge is 0.366 e. The summed E-state index contributed by atoms with van der Waals surface area (Å²) in [7, 11) is 0. The van der Waals surface area contributed by atoms with Crippen molar-refractivity contribution in [3.8, 4) is 11.5 Å². The Bertz CT molecular complexity index is 534. The fraction of sp³-hybridized carbons (Fsp3) is 0.417. The lowest BCUT2D eigenvalue weighted by Crippen LogP contribution is -2.33.